The summed E-state index contributed by atoms with van der Waals surface area (Å²) in [5, 5.41) is 41.3. The van der Waals surface area contributed by atoms with Crippen LogP contribution in [-0.4, -0.2) is 81.1 Å². The summed E-state index contributed by atoms with van der Waals surface area (Å²) in [6, 6.07) is 12.5. The van der Waals surface area contributed by atoms with Gasteiger partial charge in [0.05, 0.1) is 36.8 Å². The van der Waals surface area contributed by atoms with E-state index >= 15 is 0 Å². The number of ether oxygens (including phenoxy) is 1. The number of hydrogen-bond donors (Lipinski definition) is 4. The first-order valence-corrected chi connectivity index (χ1v) is 14.7. The van der Waals surface area contributed by atoms with Crippen molar-refractivity contribution in [2.75, 3.05) is 26.9 Å². The van der Waals surface area contributed by atoms with Crippen LogP contribution in [0, 0.1) is 17.8 Å². The molecule has 2 aromatic rings. The number of phenols is 1. The van der Waals surface area contributed by atoms with Crippen molar-refractivity contribution in [1.29, 1.82) is 0 Å². The number of para-hydroxylation sites is 1. The predicted octanol–water partition coefficient (Wildman–Crippen LogP) is 3.67. The van der Waals surface area contributed by atoms with Crippen LogP contribution in [0.25, 0.3) is 11.6 Å². The number of benzene rings is 1. The van der Waals surface area contributed by atoms with E-state index in [1.807, 2.05) is 24.3 Å². The third-order valence-electron chi connectivity index (χ3n) is 8.37. The van der Waals surface area contributed by atoms with Gasteiger partial charge >= 0.3 is 5.97 Å². The average molecular weight is 593 g/mol. The number of carboxylic acid groups (broad SMARTS) is 1. The number of aromatic nitrogens is 1. The maximum absolute atomic E-state index is 13.5. The maximum Gasteiger partial charge on any atom is 0.303 e. The molecule has 1 aromatic heterocycles. The van der Waals surface area contributed by atoms with Crippen molar-refractivity contribution in [3.63, 3.8) is 0 Å². The van der Waals surface area contributed by atoms with Gasteiger partial charge in [0.15, 0.2) is 0 Å². The molecule has 0 unspecified atom stereocenters. The molecule has 230 valence electrons. The molecule has 2 heterocycles. The number of hydrogen-bond acceptors (Lipinski definition) is 8. The van der Waals surface area contributed by atoms with Crippen molar-refractivity contribution in [1.82, 2.24) is 9.88 Å². The number of aromatic hydroxyl groups is 1. The smallest absolute Gasteiger partial charge is 0.303 e. The second kappa shape index (κ2) is 15.0. The Morgan fingerprint density at radius 2 is 1.86 bits per heavy atom. The third kappa shape index (κ3) is 7.57. The van der Waals surface area contributed by atoms with Gasteiger partial charge in [0, 0.05) is 37.8 Å². The standard InChI is InChI=1S/C33H40N2O8/c1-43-20-23-18-24-31(33(42)35(32(24)41)16-8-2-3-12-29(39)40)25(19-36)30(23)28(38)14-13-21(26-10-6-7-15-34-26)17-22-9-4-5-11-27(22)37/h4-7,9-11,15,17,24-25,28,31,36-38H,2-3,8,12-14,16,18-20H2,1H3,(H,39,40)/b21-17-/t24-,25+,28-,31-/m1/s1. The zero-order valence-electron chi connectivity index (χ0n) is 24.4. The first-order chi connectivity index (χ1) is 20.8. The minimum atomic E-state index is -1.02. The Morgan fingerprint density at radius 3 is 2.53 bits per heavy atom. The largest absolute Gasteiger partial charge is 0.507 e. The molecule has 4 atom stereocenters. The SMILES string of the molecule is COCC1=C([C@H](O)CC/C(=C/c2ccccc2O)c2ccccn2)[C@H](CO)[C@@H]2C(=O)N(CCCCCC(=O)O)C(=O)[C@@H]2C1. The van der Waals surface area contributed by atoms with Crippen molar-refractivity contribution in [2.24, 2.45) is 17.8 Å². The summed E-state index contributed by atoms with van der Waals surface area (Å²) in [6.45, 7) is -0.0544. The van der Waals surface area contributed by atoms with E-state index in [1.165, 1.54) is 12.0 Å². The van der Waals surface area contributed by atoms with Gasteiger partial charge in [0.25, 0.3) is 0 Å². The number of aliphatic hydroxyl groups is 2. The van der Waals surface area contributed by atoms with Crippen LogP contribution < -0.4 is 0 Å². The van der Waals surface area contributed by atoms with Crippen LogP contribution in [0.4, 0.5) is 0 Å². The topological polar surface area (TPSA) is 157 Å². The van der Waals surface area contributed by atoms with Crippen LogP contribution in [-0.2, 0) is 19.1 Å². The number of pyridine rings is 1. The number of unbranched alkanes of at least 4 members (excludes halogenated alkanes) is 2. The number of phenolic OH excluding ortho intramolecular Hbond substituents is 1. The molecule has 0 bridgehead atoms. The monoisotopic (exact) mass is 592 g/mol. The van der Waals surface area contributed by atoms with E-state index in [-0.39, 0.29) is 50.0 Å². The van der Waals surface area contributed by atoms with E-state index in [1.54, 1.807) is 30.5 Å². The molecule has 10 heteroatoms. The number of fused-ring (bicyclic) bond motifs is 1. The molecule has 0 saturated carbocycles. The first kappa shape index (κ1) is 32.1. The number of aliphatic carboxylic acids is 1. The average Bonchev–Trinajstić information content (AvgIpc) is 3.23. The highest BCUT2D eigenvalue weighted by Gasteiger charge is 2.54. The van der Waals surface area contributed by atoms with Gasteiger partial charge in [0.1, 0.15) is 5.75 Å². The Labute approximate surface area is 251 Å². The summed E-state index contributed by atoms with van der Waals surface area (Å²) in [5.74, 6) is -3.58. The van der Waals surface area contributed by atoms with E-state index in [9.17, 15) is 29.7 Å². The fourth-order valence-electron chi connectivity index (χ4n) is 6.35. The molecule has 1 aliphatic heterocycles. The Bertz CT molecular complexity index is 1360. The summed E-state index contributed by atoms with van der Waals surface area (Å²) >= 11 is 0. The van der Waals surface area contributed by atoms with Crippen molar-refractivity contribution in [2.45, 2.75) is 51.0 Å². The molecule has 2 amide bonds. The van der Waals surface area contributed by atoms with Gasteiger partial charge < -0.3 is 25.2 Å². The van der Waals surface area contributed by atoms with Crippen LogP contribution in [0.2, 0.25) is 0 Å². The van der Waals surface area contributed by atoms with Crippen LogP contribution in [0.5, 0.6) is 5.75 Å². The van der Waals surface area contributed by atoms with Gasteiger partial charge in [-0.25, -0.2) is 0 Å². The summed E-state index contributed by atoms with van der Waals surface area (Å²) < 4.78 is 5.43. The fraction of sp³-hybridized carbons (Fsp3) is 0.455. The van der Waals surface area contributed by atoms with Crippen LogP contribution in [0.15, 0.2) is 59.8 Å². The lowest BCUT2D eigenvalue weighted by molar-refractivity contribution is -0.141. The number of amides is 2. The van der Waals surface area contributed by atoms with E-state index in [0.717, 1.165) is 5.57 Å². The highest BCUT2D eigenvalue weighted by Crippen LogP contribution is 2.46. The molecule has 1 saturated heterocycles. The lowest BCUT2D eigenvalue weighted by Crippen LogP contribution is -2.39. The van der Waals surface area contributed by atoms with Crippen molar-refractivity contribution in [3.05, 3.63) is 71.1 Å². The number of carboxylic acids is 1. The number of methoxy groups -OCH3 is 1. The first-order valence-electron chi connectivity index (χ1n) is 14.7. The molecule has 1 fully saturated rings. The molecule has 43 heavy (non-hydrogen) atoms. The summed E-state index contributed by atoms with van der Waals surface area (Å²) in [7, 11) is 1.52. The number of carbonyl (C=O) groups excluding carboxylic acids is 2. The number of carbonyl (C=O) groups is 3. The number of imide groups is 1. The summed E-state index contributed by atoms with van der Waals surface area (Å²) in [6.07, 6.45) is 4.96. The minimum Gasteiger partial charge on any atom is -0.507 e. The zero-order valence-corrected chi connectivity index (χ0v) is 24.4. The van der Waals surface area contributed by atoms with Gasteiger partial charge in [-0.15, -0.1) is 0 Å². The van der Waals surface area contributed by atoms with Crippen molar-refractivity contribution < 1.29 is 39.5 Å². The lowest BCUT2D eigenvalue weighted by atomic mass is 9.68. The molecule has 0 radical (unpaired) electrons. The number of likely N-dealkylation sites (tertiary alicyclic amines) is 1. The molecule has 2 aliphatic rings. The molecule has 10 nitrogen and oxygen atoms in total. The van der Waals surface area contributed by atoms with Crippen molar-refractivity contribution in [3.8, 4) is 5.75 Å². The number of rotatable bonds is 15. The predicted molar refractivity (Wildman–Crippen MR) is 159 cm³/mol. The fourth-order valence-corrected chi connectivity index (χ4v) is 6.35. The molecule has 4 rings (SSSR count). The van der Waals surface area contributed by atoms with Gasteiger partial charge in [0.2, 0.25) is 11.8 Å². The van der Waals surface area contributed by atoms with Crippen LogP contribution >= 0.6 is 0 Å². The van der Waals surface area contributed by atoms with Gasteiger partial charge in [-0.1, -0.05) is 30.7 Å². The molecule has 1 aliphatic carbocycles. The number of nitrogens with zero attached hydrogens (tertiary/aromatic N) is 2. The van der Waals surface area contributed by atoms with E-state index in [0.29, 0.717) is 48.1 Å². The quantitative estimate of drug-likeness (QED) is 0.138. The highest BCUT2D eigenvalue weighted by molar-refractivity contribution is 6.05. The van der Waals surface area contributed by atoms with Gasteiger partial charge in [-0.05, 0) is 73.1 Å². The molecular weight excluding hydrogens is 552 g/mol. The van der Waals surface area contributed by atoms with Crippen LogP contribution in [0.1, 0.15) is 56.2 Å². The summed E-state index contributed by atoms with van der Waals surface area (Å²) in [4.78, 5) is 43.4. The summed E-state index contributed by atoms with van der Waals surface area (Å²) in [5.41, 5.74) is 3.36. The van der Waals surface area contributed by atoms with E-state index in [2.05, 4.69) is 4.98 Å². The normalized spacial score (nSPS) is 21.3. The van der Waals surface area contributed by atoms with E-state index in [4.69, 9.17) is 9.84 Å². The second-order valence-electron chi connectivity index (χ2n) is 11.1. The lowest BCUT2D eigenvalue weighted by Gasteiger charge is -2.36. The third-order valence-corrected chi connectivity index (χ3v) is 8.37. The second-order valence-corrected chi connectivity index (χ2v) is 11.1. The number of aliphatic hydroxyl groups excluding tert-OH is 2. The van der Waals surface area contributed by atoms with Crippen molar-refractivity contribution >= 4 is 29.4 Å². The Kier molecular flexibility index (Phi) is 11.2. The molecular formula is C33H40N2O8. The molecule has 1 aromatic carbocycles. The molecule has 0 spiro atoms. The maximum atomic E-state index is 13.5. The Hall–Kier alpha value is -3.86. The minimum absolute atomic E-state index is 0.0367. The number of allylic oxidation sites excluding steroid dienone is 1. The van der Waals surface area contributed by atoms with E-state index < -0.39 is 36.4 Å². The molecule has 4 N–H and O–H groups in total. The highest BCUT2D eigenvalue weighted by atomic mass is 16.5. The zero-order chi connectivity index (χ0) is 30.9. The van der Waals surface area contributed by atoms with Crippen LogP contribution in [0.3, 0.4) is 0 Å². The Balaban J connectivity index is 1.55. The van der Waals surface area contributed by atoms with Gasteiger partial charge in [-0.2, -0.15) is 0 Å². The van der Waals surface area contributed by atoms with Gasteiger partial charge in [-0.3, -0.25) is 24.3 Å². The Morgan fingerprint density at radius 1 is 1.09 bits per heavy atom.